The minimum Gasteiger partial charge on any atom is -0.489 e. The monoisotopic (exact) mass is 280 g/mol. The first-order valence-corrected chi connectivity index (χ1v) is 6.29. The minimum atomic E-state index is -0.665. The molecule has 4 heteroatoms. The fraction of sp³-hybridized carbons (Fsp3) is 0.200. The van der Waals surface area contributed by atoms with Crippen molar-refractivity contribution in [2.24, 2.45) is 0 Å². The van der Waals surface area contributed by atoms with E-state index in [2.05, 4.69) is 0 Å². The van der Waals surface area contributed by atoms with Gasteiger partial charge in [-0.25, -0.2) is 4.39 Å². The molecule has 100 valence electrons. The van der Waals surface area contributed by atoms with Gasteiger partial charge in [0.25, 0.3) is 0 Å². The molecule has 0 aliphatic carbocycles. The molecule has 1 N–H and O–H groups in total. The molecule has 0 amide bonds. The van der Waals surface area contributed by atoms with E-state index >= 15 is 0 Å². The molecule has 2 nitrogen and oxygen atoms in total. The van der Waals surface area contributed by atoms with Crippen LogP contribution in [0.15, 0.2) is 42.5 Å². The molecule has 1 atom stereocenters. The average molecular weight is 281 g/mol. The molecule has 0 saturated heterocycles. The number of aliphatic hydroxyl groups excluding tert-OH is 1. The highest BCUT2D eigenvalue weighted by atomic mass is 35.5. The van der Waals surface area contributed by atoms with E-state index in [1.54, 1.807) is 37.3 Å². The summed E-state index contributed by atoms with van der Waals surface area (Å²) < 4.78 is 18.4. The Morgan fingerprint density at radius 3 is 2.53 bits per heavy atom. The van der Waals surface area contributed by atoms with Gasteiger partial charge in [-0.1, -0.05) is 23.7 Å². The lowest BCUT2D eigenvalue weighted by Gasteiger charge is -2.14. The van der Waals surface area contributed by atoms with Gasteiger partial charge in [0.2, 0.25) is 0 Å². The van der Waals surface area contributed by atoms with Crippen LogP contribution in [-0.2, 0) is 6.61 Å². The van der Waals surface area contributed by atoms with Crippen LogP contribution in [0.2, 0.25) is 5.02 Å². The highest BCUT2D eigenvalue weighted by Gasteiger charge is 2.10. The zero-order chi connectivity index (χ0) is 13.8. The summed E-state index contributed by atoms with van der Waals surface area (Å²) in [5, 5.41) is 10.2. The van der Waals surface area contributed by atoms with E-state index in [0.717, 1.165) is 5.56 Å². The summed E-state index contributed by atoms with van der Waals surface area (Å²) in [6.45, 7) is 1.96. The van der Waals surface area contributed by atoms with Crippen LogP contribution in [0.5, 0.6) is 5.75 Å². The SMILES string of the molecule is CC(O)c1cc(Cl)ccc1OCc1ccc(F)cc1. The van der Waals surface area contributed by atoms with Crippen molar-refractivity contribution in [1.82, 2.24) is 0 Å². The molecule has 0 heterocycles. The number of halogens is 2. The van der Waals surface area contributed by atoms with E-state index in [1.807, 2.05) is 0 Å². The molecule has 0 bridgehead atoms. The maximum absolute atomic E-state index is 12.8. The molecule has 0 fully saturated rings. The fourth-order valence-electron chi connectivity index (χ4n) is 1.72. The van der Waals surface area contributed by atoms with Crippen molar-refractivity contribution in [3.05, 3.63) is 64.4 Å². The Morgan fingerprint density at radius 2 is 1.89 bits per heavy atom. The number of rotatable bonds is 4. The molecule has 0 spiro atoms. The van der Waals surface area contributed by atoms with Crippen molar-refractivity contribution in [2.75, 3.05) is 0 Å². The van der Waals surface area contributed by atoms with Crippen LogP contribution in [0.25, 0.3) is 0 Å². The highest BCUT2D eigenvalue weighted by Crippen LogP contribution is 2.28. The van der Waals surface area contributed by atoms with Crippen molar-refractivity contribution in [1.29, 1.82) is 0 Å². The van der Waals surface area contributed by atoms with Gasteiger partial charge in [-0.3, -0.25) is 0 Å². The lowest BCUT2D eigenvalue weighted by Crippen LogP contribution is -2.01. The van der Waals surface area contributed by atoms with Gasteiger partial charge in [-0.2, -0.15) is 0 Å². The van der Waals surface area contributed by atoms with Crippen molar-refractivity contribution in [3.8, 4) is 5.75 Å². The van der Waals surface area contributed by atoms with Crippen LogP contribution in [0.1, 0.15) is 24.2 Å². The van der Waals surface area contributed by atoms with Crippen LogP contribution >= 0.6 is 11.6 Å². The third kappa shape index (κ3) is 3.69. The van der Waals surface area contributed by atoms with Gasteiger partial charge in [0.15, 0.2) is 0 Å². The maximum Gasteiger partial charge on any atom is 0.125 e. The summed E-state index contributed by atoms with van der Waals surface area (Å²) in [6.07, 6.45) is -0.665. The average Bonchev–Trinajstić information content (AvgIpc) is 2.39. The fourth-order valence-corrected chi connectivity index (χ4v) is 1.90. The Kier molecular flexibility index (Phi) is 4.40. The maximum atomic E-state index is 12.8. The third-order valence-corrected chi connectivity index (χ3v) is 2.96. The van der Waals surface area contributed by atoms with E-state index < -0.39 is 6.10 Å². The first-order chi connectivity index (χ1) is 9.06. The molecule has 0 radical (unpaired) electrons. The van der Waals surface area contributed by atoms with Crippen LogP contribution in [0.4, 0.5) is 4.39 Å². The Labute approximate surface area is 116 Å². The van der Waals surface area contributed by atoms with Gasteiger partial charge in [0.1, 0.15) is 18.2 Å². The Bertz CT molecular complexity index is 553. The van der Waals surface area contributed by atoms with Gasteiger partial charge < -0.3 is 9.84 Å². The molecule has 0 aliphatic rings. The van der Waals surface area contributed by atoms with E-state index in [9.17, 15) is 9.50 Å². The molecule has 1 unspecified atom stereocenters. The van der Waals surface area contributed by atoms with Crippen molar-refractivity contribution >= 4 is 11.6 Å². The van der Waals surface area contributed by atoms with Crippen molar-refractivity contribution in [3.63, 3.8) is 0 Å². The lowest BCUT2D eigenvalue weighted by atomic mass is 10.1. The smallest absolute Gasteiger partial charge is 0.125 e. The van der Waals surface area contributed by atoms with E-state index in [0.29, 0.717) is 22.9 Å². The van der Waals surface area contributed by atoms with E-state index in [4.69, 9.17) is 16.3 Å². The lowest BCUT2D eigenvalue weighted by molar-refractivity contribution is 0.190. The van der Waals surface area contributed by atoms with E-state index in [-0.39, 0.29) is 5.82 Å². The second-order valence-corrected chi connectivity index (χ2v) is 4.71. The summed E-state index contributed by atoms with van der Waals surface area (Å²) in [5.74, 6) is 0.295. The number of benzene rings is 2. The summed E-state index contributed by atoms with van der Waals surface area (Å²) in [4.78, 5) is 0. The third-order valence-electron chi connectivity index (χ3n) is 2.73. The van der Waals surface area contributed by atoms with Crippen LogP contribution in [0.3, 0.4) is 0 Å². The molecule has 0 aliphatic heterocycles. The summed E-state index contributed by atoms with van der Waals surface area (Å²) in [6, 6.07) is 11.2. The van der Waals surface area contributed by atoms with Gasteiger partial charge >= 0.3 is 0 Å². The Morgan fingerprint density at radius 1 is 1.21 bits per heavy atom. The largest absolute Gasteiger partial charge is 0.489 e. The Hall–Kier alpha value is -1.58. The van der Waals surface area contributed by atoms with Gasteiger partial charge in [0.05, 0.1) is 6.10 Å². The number of ether oxygens (including phenoxy) is 1. The highest BCUT2D eigenvalue weighted by molar-refractivity contribution is 6.30. The molecule has 0 saturated carbocycles. The molecular formula is C15H14ClFO2. The molecule has 0 aromatic heterocycles. The zero-order valence-corrected chi connectivity index (χ0v) is 11.2. The van der Waals surface area contributed by atoms with Crippen LogP contribution in [0, 0.1) is 5.82 Å². The quantitative estimate of drug-likeness (QED) is 0.913. The second-order valence-electron chi connectivity index (χ2n) is 4.27. The molecule has 2 rings (SSSR count). The molecule has 2 aromatic carbocycles. The number of aliphatic hydroxyl groups is 1. The molecule has 19 heavy (non-hydrogen) atoms. The normalized spacial score (nSPS) is 12.2. The summed E-state index contributed by atoms with van der Waals surface area (Å²) in [5.41, 5.74) is 1.49. The first-order valence-electron chi connectivity index (χ1n) is 5.91. The van der Waals surface area contributed by atoms with Gasteiger partial charge in [0, 0.05) is 10.6 Å². The van der Waals surface area contributed by atoms with E-state index in [1.165, 1.54) is 12.1 Å². The summed E-state index contributed by atoms with van der Waals surface area (Å²) >= 11 is 5.89. The van der Waals surface area contributed by atoms with Crippen molar-refractivity contribution in [2.45, 2.75) is 19.6 Å². The zero-order valence-electron chi connectivity index (χ0n) is 10.4. The predicted molar refractivity (Wildman–Crippen MR) is 72.8 cm³/mol. The standard InChI is InChI=1S/C15H14ClFO2/c1-10(18)14-8-12(16)4-7-15(14)19-9-11-2-5-13(17)6-3-11/h2-8,10,18H,9H2,1H3. The van der Waals surface area contributed by atoms with Gasteiger partial charge in [-0.15, -0.1) is 0 Å². The second kappa shape index (κ2) is 6.04. The first kappa shape index (κ1) is 13.8. The topological polar surface area (TPSA) is 29.5 Å². The Balaban J connectivity index is 2.13. The predicted octanol–water partition coefficient (Wildman–Crippen LogP) is 4.11. The van der Waals surface area contributed by atoms with Crippen LogP contribution < -0.4 is 4.74 Å². The molecule has 2 aromatic rings. The van der Waals surface area contributed by atoms with Crippen molar-refractivity contribution < 1.29 is 14.2 Å². The minimum absolute atomic E-state index is 0.278. The van der Waals surface area contributed by atoms with Gasteiger partial charge in [-0.05, 0) is 42.8 Å². The number of hydrogen-bond acceptors (Lipinski definition) is 2. The number of hydrogen-bond donors (Lipinski definition) is 1. The molecular weight excluding hydrogens is 267 g/mol. The van der Waals surface area contributed by atoms with Crippen LogP contribution in [-0.4, -0.2) is 5.11 Å². The summed E-state index contributed by atoms with van der Waals surface area (Å²) in [7, 11) is 0.